The highest BCUT2D eigenvalue weighted by Gasteiger charge is 2.62. The highest BCUT2D eigenvalue weighted by Crippen LogP contribution is 2.45. The number of sulfonamides is 1. The van der Waals surface area contributed by atoms with E-state index < -0.39 is 85.8 Å². The first-order chi connectivity index (χ1) is 28.1. The van der Waals surface area contributed by atoms with Crippen molar-refractivity contribution in [3.63, 3.8) is 0 Å². The van der Waals surface area contributed by atoms with Gasteiger partial charge in [0.25, 0.3) is 5.91 Å². The number of carbonyl (C=O) groups is 5. The molecule has 5 amide bonds. The molecule has 2 aromatic carbocycles. The molecule has 1 aromatic heterocycles. The molecule has 19 nitrogen and oxygen atoms in total. The SMILES string of the molecule is C=CC1CC1(NC(=O)[C@@H]1C[C@@H](OC(=O)Nc2ccccc2-n2nc3cc(OC)c(OC)cc3n2)CN1C(=O)[C@@H](NC(=O)OC(C)(C)C)C(C)(C)C)C(=O)NS(=O)(=O)C1CC1. The van der Waals surface area contributed by atoms with Gasteiger partial charge in [0.2, 0.25) is 21.8 Å². The van der Waals surface area contributed by atoms with Crippen LogP contribution in [0.4, 0.5) is 15.3 Å². The maximum absolute atomic E-state index is 14.5. The number of methoxy groups -OCH3 is 2. The first kappa shape index (κ1) is 43.7. The molecular weight excluding hydrogens is 801 g/mol. The maximum Gasteiger partial charge on any atom is 0.412 e. The number of anilines is 1. The van der Waals surface area contributed by atoms with Gasteiger partial charge in [0.15, 0.2) is 11.5 Å². The summed E-state index contributed by atoms with van der Waals surface area (Å²) in [5.41, 5.74) is -1.78. The summed E-state index contributed by atoms with van der Waals surface area (Å²) in [4.78, 5) is 71.4. The number of fused-ring (bicyclic) bond motifs is 1. The molecule has 0 radical (unpaired) electrons. The van der Waals surface area contributed by atoms with Gasteiger partial charge in [0.1, 0.15) is 46.0 Å². The van der Waals surface area contributed by atoms with E-state index in [2.05, 4.69) is 37.4 Å². The van der Waals surface area contributed by atoms with Gasteiger partial charge in [-0.05, 0) is 57.6 Å². The molecule has 20 heteroatoms. The highest BCUT2D eigenvalue weighted by molar-refractivity contribution is 7.91. The average Bonchev–Trinajstić information content (AvgIpc) is 4.06. The number of hydrogen-bond donors (Lipinski definition) is 4. The Labute approximate surface area is 347 Å². The van der Waals surface area contributed by atoms with E-state index in [1.54, 1.807) is 77.9 Å². The minimum absolute atomic E-state index is 0.0727. The summed E-state index contributed by atoms with van der Waals surface area (Å²) in [6.45, 7) is 13.7. The van der Waals surface area contributed by atoms with E-state index in [4.69, 9.17) is 18.9 Å². The van der Waals surface area contributed by atoms with Crippen molar-refractivity contribution in [2.75, 3.05) is 26.1 Å². The number of hydrogen-bond acceptors (Lipinski definition) is 13. The number of likely N-dealkylation sites (tertiary alicyclic amines) is 1. The van der Waals surface area contributed by atoms with Crippen molar-refractivity contribution < 1.29 is 51.3 Å². The van der Waals surface area contributed by atoms with Gasteiger partial charge < -0.3 is 34.5 Å². The van der Waals surface area contributed by atoms with Crippen LogP contribution < -0.4 is 30.1 Å². The smallest absolute Gasteiger partial charge is 0.412 e. The quantitative estimate of drug-likeness (QED) is 0.180. The molecule has 2 saturated carbocycles. The number of nitrogens with zero attached hydrogens (tertiary/aromatic N) is 4. The molecule has 0 bridgehead atoms. The Morgan fingerprint density at radius 2 is 1.57 bits per heavy atom. The topological polar surface area (TPSA) is 238 Å². The summed E-state index contributed by atoms with van der Waals surface area (Å²) < 4.78 is 49.6. The molecule has 4 N–H and O–H groups in total. The first-order valence-electron chi connectivity index (χ1n) is 19.5. The fraction of sp³-hybridized carbons (Fsp3) is 0.525. The molecule has 6 rings (SSSR count). The third-order valence-corrected chi connectivity index (χ3v) is 12.2. The van der Waals surface area contributed by atoms with Crippen LogP contribution in [0.15, 0.2) is 49.1 Å². The zero-order valence-corrected chi connectivity index (χ0v) is 35.7. The number of ether oxygens (including phenoxy) is 4. The molecule has 2 aliphatic carbocycles. The lowest BCUT2D eigenvalue weighted by molar-refractivity contribution is -0.143. The number of benzene rings is 2. The maximum atomic E-state index is 14.5. The molecule has 3 aromatic rings. The summed E-state index contributed by atoms with van der Waals surface area (Å²) >= 11 is 0. The number of alkyl carbamates (subject to hydrolysis) is 1. The number of para-hydroxylation sites is 2. The fourth-order valence-corrected chi connectivity index (χ4v) is 8.39. The molecule has 5 atom stereocenters. The lowest BCUT2D eigenvalue weighted by atomic mass is 9.85. The lowest BCUT2D eigenvalue weighted by Gasteiger charge is -2.36. The largest absolute Gasteiger partial charge is 0.493 e. The summed E-state index contributed by atoms with van der Waals surface area (Å²) in [6.07, 6.45) is -0.688. The van der Waals surface area contributed by atoms with E-state index in [-0.39, 0.29) is 25.1 Å². The predicted molar refractivity (Wildman–Crippen MR) is 218 cm³/mol. The van der Waals surface area contributed by atoms with Crippen LogP contribution in [-0.4, -0.2) is 114 Å². The minimum Gasteiger partial charge on any atom is -0.493 e. The summed E-state index contributed by atoms with van der Waals surface area (Å²) in [7, 11) is -0.955. The molecule has 0 spiro atoms. The van der Waals surface area contributed by atoms with Crippen LogP contribution in [0.25, 0.3) is 16.7 Å². The van der Waals surface area contributed by atoms with Crippen LogP contribution in [0, 0.1) is 11.3 Å². The molecule has 3 fully saturated rings. The first-order valence-corrected chi connectivity index (χ1v) is 21.0. The Kier molecular flexibility index (Phi) is 11.8. The Morgan fingerprint density at radius 3 is 2.10 bits per heavy atom. The second-order valence-corrected chi connectivity index (χ2v) is 19.2. The number of aromatic nitrogens is 3. The van der Waals surface area contributed by atoms with Gasteiger partial charge in [0.05, 0.1) is 31.7 Å². The van der Waals surface area contributed by atoms with E-state index in [0.29, 0.717) is 41.1 Å². The summed E-state index contributed by atoms with van der Waals surface area (Å²) in [6, 6.07) is 7.50. The monoisotopic (exact) mass is 852 g/mol. The van der Waals surface area contributed by atoms with Gasteiger partial charge in [-0.25, -0.2) is 18.0 Å². The van der Waals surface area contributed by atoms with Crippen molar-refractivity contribution in [1.29, 1.82) is 0 Å². The second kappa shape index (κ2) is 16.3. The molecule has 324 valence electrons. The molecule has 2 unspecified atom stereocenters. The van der Waals surface area contributed by atoms with E-state index in [1.165, 1.54) is 30.0 Å². The van der Waals surface area contributed by atoms with Crippen molar-refractivity contribution in [1.82, 2.24) is 35.2 Å². The van der Waals surface area contributed by atoms with Crippen LogP contribution in [0.2, 0.25) is 0 Å². The van der Waals surface area contributed by atoms with Crippen molar-refractivity contribution in [3.8, 4) is 17.2 Å². The van der Waals surface area contributed by atoms with Crippen LogP contribution in [0.5, 0.6) is 11.5 Å². The normalized spacial score (nSPS) is 21.9. The lowest BCUT2D eigenvalue weighted by Crippen LogP contribution is -2.60. The standard InChI is InChI=1S/C40H52N8O11S/c1-10-22-20-40(22,35(51)46-60(54,55)24-15-16-24)43-33(49)29-17-23(21-47(29)34(50)32(38(2,3)4)42-37(53)59-39(5,6)7)58-36(52)41-25-13-11-12-14-28(25)48-44-26-18-30(56-8)31(57-9)19-27(26)45-48/h10-14,18-19,22-24,29,32H,1,15-17,20-21H2,2-9H3,(H,41,52)(H,42,53)(H,43,49)(H,46,51)/t22?,23-,29+,32-,40?/m1/s1. The van der Waals surface area contributed by atoms with Crippen molar-refractivity contribution in [2.24, 2.45) is 11.3 Å². The molecule has 1 aliphatic heterocycles. The zero-order chi connectivity index (χ0) is 43.9. The second-order valence-electron chi connectivity index (χ2n) is 17.2. The minimum atomic E-state index is -3.96. The Bertz CT molecular complexity index is 2270. The Balaban J connectivity index is 1.25. The van der Waals surface area contributed by atoms with E-state index in [0.717, 1.165) is 0 Å². The summed E-state index contributed by atoms with van der Waals surface area (Å²) in [5, 5.41) is 16.5. The van der Waals surface area contributed by atoms with E-state index >= 15 is 0 Å². The number of rotatable bonds is 13. The van der Waals surface area contributed by atoms with Crippen molar-refractivity contribution >= 4 is 56.7 Å². The molecule has 1 saturated heterocycles. The third-order valence-electron chi connectivity index (χ3n) is 10.4. The Hall–Kier alpha value is -5.92. The number of nitrogens with one attached hydrogen (secondary N) is 4. The van der Waals surface area contributed by atoms with E-state index in [1.807, 2.05) is 0 Å². The van der Waals surface area contributed by atoms with Gasteiger partial charge in [0, 0.05) is 24.5 Å². The van der Waals surface area contributed by atoms with Crippen LogP contribution in [0.3, 0.4) is 0 Å². The summed E-state index contributed by atoms with van der Waals surface area (Å²) in [5.74, 6) is -2.07. The van der Waals surface area contributed by atoms with Gasteiger partial charge in [-0.2, -0.15) is 0 Å². The fourth-order valence-electron chi connectivity index (χ4n) is 7.03. The van der Waals surface area contributed by atoms with E-state index in [9.17, 15) is 32.4 Å². The predicted octanol–water partition coefficient (Wildman–Crippen LogP) is 3.56. The average molecular weight is 853 g/mol. The molecule has 60 heavy (non-hydrogen) atoms. The van der Waals surface area contributed by atoms with Gasteiger partial charge in [-0.3, -0.25) is 24.4 Å². The van der Waals surface area contributed by atoms with Crippen LogP contribution >= 0.6 is 0 Å². The molecular formula is C40H52N8O11S. The van der Waals surface area contributed by atoms with Crippen molar-refractivity contribution in [2.45, 2.75) is 102 Å². The molecule has 2 heterocycles. The third kappa shape index (κ3) is 9.42. The van der Waals surface area contributed by atoms with Crippen LogP contribution in [-0.2, 0) is 33.9 Å². The number of amides is 5. The highest BCUT2D eigenvalue weighted by atomic mass is 32.2. The number of carbonyl (C=O) groups excluding carboxylic acids is 5. The van der Waals surface area contributed by atoms with Gasteiger partial charge >= 0.3 is 12.2 Å². The van der Waals surface area contributed by atoms with Gasteiger partial charge in [-0.1, -0.05) is 39.0 Å². The zero-order valence-electron chi connectivity index (χ0n) is 34.9. The van der Waals surface area contributed by atoms with Crippen LogP contribution in [0.1, 0.15) is 67.2 Å². The van der Waals surface area contributed by atoms with Crippen molar-refractivity contribution in [3.05, 3.63) is 49.1 Å². The Morgan fingerprint density at radius 1 is 0.950 bits per heavy atom. The molecule has 3 aliphatic rings. The van der Waals surface area contributed by atoms with Gasteiger partial charge in [-0.15, -0.1) is 21.6 Å².